The van der Waals surface area contributed by atoms with E-state index in [-0.39, 0.29) is 24.8 Å². The molecule has 3 fully saturated rings. The van der Waals surface area contributed by atoms with Crippen LogP contribution in [0.15, 0.2) is 0 Å². The molecule has 1 N–H and O–H groups in total. The lowest BCUT2D eigenvalue weighted by molar-refractivity contribution is -0.126. The van der Waals surface area contributed by atoms with Crippen molar-refractivity contribution in [2.75, 3.05) is 0 Å². The zero-order valence-corrected chi connectivity index (χ0v) is 11.5. The van der Waals surface area contributed by atoms with Gasteiger partial charge in [-0.1, -0.05) is 6.42 Å². The number of carbonyl (C=O) groups is 1. The predicted molar refractivity (Wildman–Crippen MR) is 68.8 cm³/mol. The van der Waals surface area contributed by atoms with E-state index in [0.717, 1.165) is 11.8 Å². The van der Waals surface area contributed by atoms with E-state index in [2.05, 4.69) is 12.2 Å². The minimum absolute atomic E-state index is 0.131. The van der Waals surface area contributed by atoms with Gasteiger partial charge in [-0.15, -0.1) is 0 Å². The maximum atomic E-state index is 13.1. The van der Waals surface area contributed by atoms with Crippen LogP contribution in [0.5, 0.6) is 0 Å². The van der Waals surface area contributed by atoms with Gasteiger partial charge < -0.3 is 5.32 Å². The van der Waals surface area contributed by atoms with Gasteiger partial charge in [0.25, 0.3) is 0 Å². The third-order valence-corrected chi connectivity index (χ3v) is 5.58. The Morgan fingerprint density at radius 2 is 2.05 bits per heavy atom. The fraction of sp³-hybridized carbons (Fsp3) is 0.933. The summed E-state index contributed by atoms with van der Waals surface area (Å²) in [5.74, 6) is -1.07. The number of carbonyl (C=O) groups excluding carboxylic acids is 1. The Bertz CT molecular complexity index is 371. The van der Waals surface area contributed by atoms with Gasteiger partial charge in [-0.2, -0.15) is 0 Å². The van der Waals surface area contributed by atoms with Crippen molar-refractivity contribution in [3.8, 4) is 0 Å². The second-order valence-corrected chi connectivity index (χ2v) is 6.93. The van der Waals surface area contributed by atoms with Gasteiger partial charge in [-0.3, -0.25) is 4.79 Å². The van der Waals surface area contributed by atoms with Crippen molar-refractivity contribution in [1.29, 1.82) is 0 Å². The molecule has 1 amide bonds. The fourth-order valence-electron chi connectivity index (χ4n) is 4.53. The zero-order chi connectivity index (χ0) is 13.6. The van der Waals surface area contributed by atoms with E-state index in [0.29, 0.717) is 12.3 Å². The molecule has 108 valence electrons. The molecule has 0 aromatic carbocycles. The molecular weight excluding hydrogens is 248 g/mol. The minimum atomic E-state index is -2.63. The molecule has 0 radical (unpaired) electrons. The van der Waals surface area contributed by atoms with Gasteiger partial charge in [0.15, 0.2) is 0 Å². The second-order valence-electron chi connectivity index (χ2n) is 6.93. The summed E-state index contributed by atoms with van der Waals surface area (Å²) in [6, 6.07) is 0.150. The molecule has 3 aliphatic rings. The van der Waals surface area contributed by atoms with E-state index in [1.54, 1.807) is 0 Å². The first kappa shape index (κ1) is 13.3. The number of amides is 1. The highest BCUT2D eigenvalue weighted by Gasteiger charge is 2.45. The molecule has 4 heteroatoms. The average Bonchev–Trinajstić information content (AvgIpc) is 3.02. The van der Waals surface area contributed by atoms with Crippen LogP contribution in [0, 0.1) is 23.7 Å². The Balaban J connectivity index is 1.52. The smallest absolute Gasteiger partial charge is 0.248 e. The summed E-state index contributed by atoms with van der Waals surface area (Å²) in [5, 5.41) is 3.01. The van der Waals surface area contributed by atoms with Crippen molar-refractivity contribution in [2.45, 2.75) is 63.8 Å². The van der Waals surface area contributed by atoms with Gasteiger partial charge >= 0.3 is 0 Å². The number of rotatable bonds is 3. The maximum Gasteiger partial charge on any atom is 0.248 e. The van der Waals surface area contributed by atoms with Crippen molar-refractivity contribution in [3.63, 3.8) is 0 Å². The monoisotopic (exact) mass is 271 g/mol. The normalized spacial score (nSPS) is 41.4. The first-order valence-corrected chi connectivity index (χ1v) is 7.63. The van der Waals surface area contributed by atoms with Crippen molar-refractivity contribution >= 4 is 5.91 Å². The third-order valence-electron chi connectivity index (χ3n) is 5.58. The molecule has 2 nitrogen and oxygen atoms in total. The van der Waals surface area contributed by atoms with E-state index in [9.17, 15) is 13.6 Å². The van der Waals surface area contributed by atoms with E-state index in [1.165, 1.54) is 25.7 Å². The third kappa shape index (κ3) is 2.63. The van der Waals surface area contributed by atoms with Crippen LogP contribution >= 0.6 is 0 Å². The van der Waals surface area contributed by atoms with Crippen LogP contribution in [0.4, 0.5) is 8.78 Å². The van der Waals surface area contributed by atoms with Crippen LogP contribution in [-0.4, -0.2) is 17.9 Å². The van der Waals surface area contributed by atoms with Crippen LogP contribution < -0.4 is 5.32 Å². The highest BCUT2D eigenvalue weighted by atomic mass is 19.3. The number of hydrogen-bond acceptors (Lipinski definition) is 1. The Morgan fingerprint density at radius 1 is 1.26 bits per heavy atom. The number of nitrogens with one attached hydrogen (secondary N) is 1. The summed E-state index contributed by atoms with van der Waals surface area (Å²) >= 11 is 0. The second kappa shape index (κ2) is 4.71. The molecule has 0 unspecified atom stereocenters. The molecule has 3 rings (SSSR count). The van der Waals surface area contributed by atoms with Crippen LogP contribution in [0.25, 0.3) is 0 Å². The summed E-state index contributed by atoms with van der Waals surface area (Å²) in [4.78, 5) is 12.1. The van der Waals surface area contributed by atoms with Crippen molar-refractivity contribution in [3.05, 3.63) is 0 Å². The minimum Gasteiger partial charge on any atom is -0.353 e. The molecule has 0 aromatic rings. The fourth-order valence-corrected chi connectivity index (χ4v) is 4.53. The lowest BCUT2D eigenvalue weighted by atomic mass is 9.84. The van der Waals surface area contributed by atoms with E-state index in [1.807, 2.05) is 0 Å². The van der Waals surface area contributed by atoms with Gasteiger partial charge in [0, 0.05) is 24.8 Å². The molecule has 0 heterocycles. The number of fused-ring (bicyclic) bond motifs is 2. The molecule has 3 aliphatic carbocycles. The van der Waals surface area contributed by atoms with Gasteiger partial charge in [0.05, 0.1) is 0 Å². The standard InChI is InChI=1S/C15H23F2NO/c1-9(13-7-10-2-3-11(13)6-10)18-14(19)12-4-5-15(16,17)8-12/h9-13H,2-8H2,1H3,(H,18,19)/t9-,10-,11-,12-,13-/m0/s1. The Hall–Kier alpha value is -0.670. The molecular formula is C15H23F2NO. The van der Waals surface area contributed by atoms with Gasteiger partial charge in [-0.05, 0) is 50.4 Å². The van der Waals surface area contributed by atoms with Crippen LogP contribution in [0.2, 0.25) is 0 Å². The SMILES string of the molecule is C[C@H](NC(=O)[C@H]1CCC(F)(F)C1)[C@@H]1C[C@H]2CC[C@H]1C2. The first-order valence-electron chi connectivity index (χ1n) is 7.63. The Morgan fingerprint density at radius 3 is 2.58 bits per heavy atom. The van der Waals surface area contributed by atoms with E-state index in [4.69, 9.17) is 0 Å². The molecule has 2 bridgehead atoms. The maximum absolute atomic E-state index is 13.1. The summed E-state index contributed by atoms with van der Waals surface area (Å²) in [6.45, 7) is 2.05. The summed E-state index contributed by atoms with van der Waals surface area (Å²) in [7, 11) is 0. The highest BCUT2D eigenvalue weighted by Crippen LogP contribution is 2.49. The molecule has 0 aromatic heterocycles. The molecule has 3 saturated carbocycles. The number of halogens is 2. The van der Waals surface area contributed by atoms with E-state index < -0.39 is 11.8 Å². The van der Waals surface area contributed by atoms with E-state index >= 15 is 0 Å². The lowest BCUT2D eigenvalue weighted by Crippen LogP contribution is -2.42. The van der Waals surface area contributed by atoms with Gasteiger partial charge in [0.2, 0.25) is 11.8 Å². The largest absolute Gasteiger partial charge is 0.353 e. The van der Waals surface area contributed by atoms with Crippen molar-refractivity contribution in [1.82, 2.24) is 5.32 Å². The highest BCUT2D eigenvalue weighted by molar-refractivity contribution is 5.79. The van der Waals surface area contributed by atoms with Crippen LogP contribution in [0.3, 0.4) is 0 Å². The lowest BCUT2D eigenvalue weighted by Gasteiger charge is -2.29. The number of hydrogen-bond donors (Lipinski definition) is 1. The molecule has 5 atom stereocenters. The van der Waals surface area contributed by atoms with Crippen molar-refractivity contribution < 1.29 is 13.6 Å². The van der Waals surface area contributed by atoms with Gasteiger partial charge in [0.1, 0.15) is 0 Å². The first-order chi connectivity index (χ1) is 8.94. The quantitative estimate of drug-likeness (QED) is 0.838. The van der Waals surface area contributed by atoms with Crippen LogP contribution in [0.1, 0.15) is 51.9 Å². The summed E-state index contributed by atoms with van der Waals surface area (Å²) < 4.78 is 26.3. The molecule has 0 spiro atoms. The Labute approximate surface area is 113 Å². The topological polar surface area (TPSA) is 29.1 Å². The molecule has 0 saturated heterocycles. The van der Waals surface area contributed by atoms with Gasteiger partial charge in [-0.25, -0.2) is 8.78 Å². The number of alkyl halides is 2. The molecule has 19 heavy (non-hydrogen) atoms. The predicted octanol–water partition coefficient (Wildman–Crippen LogP) is 3.36. The molecule has 0 aliphatic heterocycles. The average molecular weight is 271 g/mol. The van der Waals surface area contributed by atoms with Crippen LogP contribution in [-0.2, 0) is 4.79 Å². The summed E-state index contributed by atoms with van der Waals surface area (Å²) in [6.07, 6.45) is 5.10. The summed E-state index contributed by atoms with van der Waals surface area (Å²) in [5.41, 5.74) is 0. The Kier molecular flexibility index (Phi) is 3.30. The zero-order valence-electron chi connectivity index (χ0n) is 11.5. The van der Waals surface area contributed by atoms with Crippen molar-refractivity contribution in [2.24, 2.45) is 23.7 Å².